The average Bonchev–Trinajstić information content (AvgIpc) is 2.37. The summed E-state index contributed by atoms with van der Waals surface area (Å²) < 4.78 is 9.91. The molecule has 0 aliphatic rings. The topological polar surface area (TPSA) is 97.4 Å². The van der Waals surface area contributed by atoms with Crippen LogP contribution in [-0.4, -0.2) is 32.3 Å². The van der Waals surface area contributed by atoms with E-state index >= 15 is 0 Å². The Labute approximate surface area is 105 Å². The van der Waals surface area contributed by atoms with Gasteiger partial charge in [-0.2, -0.15) is 5.26 Å². The Morgan fingerprint density at radius 1 is 1.61 bits per heavy atom. The van der Waals surface area contributed by atoms with Crippen LogP contribution in [0.15, 0.2) is 24.3 Å². The van der Waals surface area contributed by atoms with Crippen LogP contribution in [0.1, 0.15) is 0 Å². The van der Waals surface area contributed by atoms with E-state index in [0.717, 1.165) is 0 Å². The molecule has 6 heteroatoms. The predicted molar refractivity (Wildman–Crippen MR) is 66.0 cm³/mol. The number of hydrogen-bond donors (Lipinski definition) is 2. The number of rotatable bonds is 6. The van der Waals surface area contributed by atoms with Crippen LogP contribution >= 0.6 is 0 Å². The molecule has 96 valence electrons. The van der Waals surface area contributed by atoms with E-state index in [4.69, 9.17) is 20.5 Å². The van der Waals surface area contributed by atoms with E-state index in [9.17, 15) is 4.79 Å². The van der Waals surface area contributed by atoms with Crippen LogP contribution in [0.25, 0.3) is 0 Å². The third kappa shape index (κ3) is 4.41. The number of carbonyl (C=O) groups is 1. The highest BCUT2D eigenvalue weighted by Gasteiger charge is 2.13. The summed E-state index contributed by atoms with van der Waals surface area (Å²) in [4.78, 5) is 11.6. The number of nitrogens with zero attached hydrogens (tertiary/aromatic N) is 1. The Morgan fingerprint density at radius 3 is 3.06 bits per heavy atom. The van der Waals surface area contributed by atoms with Crippen molar-refractivity contribution in [1.29, 1.82) is 5.26 Å². The Bertz CT molecular complexity index is 442. The van der Waals surface area contributed by atoms with Gasteiger partial charge in [0.2, 0.25) is 5.91 Å². The molecular weight excluding hydrogens is 234 g/mol. The van der Waals surface area contributed by atoms with Crippen LogP contribution in [0, 0.1) is 11.3 Å². The number of nitriles is 1. The summed E-state index contributed by atoms with van der Waals surface area (Å²) in [5, 5.41) is 11.0. The molecular formula is C12H15N3O3. The van der Waals surface area contributed by atoms with Crippen LogP contribution in [-0.2, 0) is 9.53 Å². The monoisotopic (exact) mass is 249 g/mol. The second-order valence-electron chi connectivity index (χ2n) is 3.53. The van der Waals surface area contributed by atoms with E-state index in [1.807, 2.05) is 6.07 Å². The van der Waals surface area contributed by atoms with Gasteiger partial charge < -0.3 is 20.5 Å². The van der Waals surface area contributed by atoms with Gasteiger partial charge in [0.15, 0.2) is 6.61 Å². The third-order valence-corrected chi connectivity index (χ3v) is 2.09. The summed E-state index contributed by atoms with van der Waals surface area (Å²) in [6.07, 6.45) is 0. The second-order valence-corrected chi connectivity index (χ2v) is 3.53. The Balaban J connectivity index is 2.61. The minimum Gasteiger partial charge on any atom is -0.479 e. The number of ether oxygens (including phenoxy) is 2. The zero-order valence-electron chi connectivity index (χ0n) is 10.1. The molecule has 1 amide bonds. The molecule has 0 saturated carbocycles. The fraction of sp³-hybridized carbons (Fsp3) is 0.333. The van der Waals surface area contributed by atoms with E-state index in [0.29, 0.717) is 11.4 Å². The van der Waals surface area contributed by atoms with E-state index in [1.54, 1.807) is 24.3 Å². The van der Waals surface area contributed by atoms with Crippen LogP contribution in [0.4, 0.5) is 5.69 Å². The first kappa shape index (κ1) is 14.0. The molecule has 6 nitrogen and oxygen atoms in total. The molecule has 0 saturated heterocycles. The quantitative estimate of drug-likeness (QED) is 0.765. The number of hydrogen-bond acceptors (Lipinski definition) is 5. The zero-order chi connectivity index (χ0) is 13.4. The highest BCUT2D eigenvalue weighted by Crippen LogP contribution is 2.17. The summed E-state index contributed by atoms with van der Waals surface area (Å²) in [5.74, 6) is 0.170. The summed E-state index contributed by atoms with van der Waals surface area (Å²) in [6.45, 7) is 0.108. The molecule has 1 aromatic rings. The number of methoxy groups -OCH3 is 1. The van der Waals surface area contributed by atoms with Crippen LogP contribution < -0.4 is 15.8 Å². The van der Waals surface area contributed by atoms with Crippen molar-refractivity contribution in [3.8, 4) is 11.8 Å². The zero-order valence-corrected chi connectivity index (χ0v) is 10.1. The first-order valence-electron chi connectivity index (χ1n) is 5.32. The molecule has 1 atom stereocenters. The molecule has 0 fully saturated rings. The molecule has 0 radical (unpaired) electrons. The first-order chi connectivity index (χ1) is 8.67. The van der Waals surface area contributed by atoms with E-state index in [1.165, 1.54) is 7.11 Å². The van der Waals surface area contributed by atoms with Crippen molar-refractivity contribution in [3.63, 3.8) is 0 Å². The van der Waals surface area contributed by atoms with Crippen LogP contribution in [0.3, 0.4) is 0 Å². The van der Waals surface area contributed by atoms with Crippen molar-refractivity contribution < 1.29 is 14.3 Å². The highest BCUT2D eigenvalue weighted by atomic mass is 16.5. The van der Waals surface area contributed by atoms with Gasteiger partial charge in [-0.3, -0.25) is 4.79 Å². The van der Waals surface area contributed by atoms with Gasteiger partial charge in [-0.05, 0) is 12.1 Å². The number of nitrogens with one attached hydrogen (secondary N) is 1. The molecule has 0 bridgehead atoms. The van der Waals surface area contributed by atoms with Gasteiger partial charge in [0, 0.05) is 18.9 Å². The fourth-order valence-corrected chi connectivity index (χ4v) is 1.27. The largest absolute Gasteiger partial charge is 0.479 e. The molecule has 0 spiro atoms. The van der Waals surface area contributed by atoms with Crippen molar-refractivity contribution >= 4 is 11.6 Å². The third-order valence-electron chi connectivity index (χ3n) is 2.09. The van der Waals surface area contributed by atoms with Gasteiger partial charge in [0.1, 0.15) is 17.9 Å². The maximum Gasteiger partial charge on any atom is 0.243 e. The van der Waals surface area contributed by atoms with Crippen molar-refractivity contribution in [2.75, 3.05) is 25.6 Å². The summed E-state index contributed by atoms with van der Waals surface area (Å²) in [6, 6.07) is 7.88. The smallest absolute Gasteiger partial charge is 0.243 e. The maximum atomic E-state index is 11.6. The van der Waals surface area contributed by atoms with E-state index < -0.39 is 6.04 Å². The van der Waals surface area contributed by atoms with Crippen molar-refractivity contribution in [1.82, 2.24) is 0 Å². The summed E-state index contributed by atoms with van der Waals surface area (Å²) in [5.41, 5.74) is 6.14. The van der Waals surface area contributed by atoms with Crippen LogP contribution in [0.5, 0.6) is 5.75 Å². The van der Waals surface area contributed by atoms with Gasteiger partial charge >= 0.3 is 0 Å². The number of nitrogens with two attached hydrogens (primary N) is 1. The lowest BCUT2D eigenvalue weighted by Gasteiger charge is -2.11. The standard InChI is InChI=1S/C12H15N3O3/c1-17-8-11(14)12(16)15-9-3-2-4-10(7-9)18-6-5-13/h2-4,7,11H,6,8,14H2,1H3,(H,15,16). The second kappa shape index (κ2) is 7.27. The Kier molecular flexibility index (Phi) is 5.64. The van der Waals surface area contributed by atoms with Gasteiger partial charge in [-0.25, -0.2) is 0 Å². The number of anilines is 1. The van der Waals surface area contributed by atoms with Crippen molar-refractivity contribution in [3.05, 3.63) is 24.3 Å². The summed E-state index contributed by atoms with van der Waals surface area (Å²) in [7, 11) is 1.48. The molecule has 0 aromatic heterocycles. The van der Waals surface area contributed by atoms with E-state index in [2.05, 4.69) is 5.32 Å². The van der Waals surface area contributed by atoms with Crippen molar-refractivity contribution in [2.24, 2.45) is 5.73 Å². The molecule has 0 aliphatic carbocycles. The van der Waals surface area contributed by atoms with Gasteiger partial charge in [-0.1, -0.05) is 6.07 Å². The molecule has 1 aromatic carbocycles. The lowest BCUT2D eigenvalue weighted by Crippen LogP contribution is -2.39. The Hall–Kier alpha value is -2.10. The first-order valence-corrected chi connectivity index (χ1v) is 5.32. The minimum atomic E-state index is -0.723. The highest BCUT2D eigenvalue weighted by molar-refractivity contribution is 5.94. The van der Waals surface area contributed by atoms with Crippen LogP contribution in [0.2, 0.25) is 0 Å². The number of amides is 1. The predicted octanol–water partition coefficient (Wildman–Crippen LogP) is 0.501. The lowest BCUT2D eigenvalue weighted by atomic mass is 10.2. The normalized spacial score (nSPS) is 11.4. The minimum absolute atomic E-state index is 0.0411. The number of carbonyl (C=O) groups excluding carboxylic acids is 1. The number of benzene rings is 1. The van der Waals surface area contributed by atoms with Gasteiger partial charge in [0.05, 0.1) is 6.61 Å². The van der Waals surface area contributed by atoms with E-state index in [-0.39, 0.29) is 19.1 Å². The fourth-order valence-electron chi connectivity index (χ4n) is 1.27. The molecule has 3 N–H and O–H groups in total. The molecule has 0 heterocycles. The summed E-state index contributed by atoms with van der Waals surface area (Å²) >= 11 is 0. The average molecular weight is 249 g/mol. The Morgan fingerprint density at radius 2 is 2.39 bits per heavy atom. The molecule has 1 unspecified atom stereocenters. The van der Waals surface area contributed by atoms with Gasteiger partial charge in [-0.15, -0.1) is 0 Å². The molecule has 1 rings (SSSR count). The van der Waals surface area contributed by atoms with Crippen molar-refractivity contribution in [2.45, 2.75) is 6.04 Å². The SMILES string of the molecule is COCC(N)C(=O)Nc1cccc(OCC#N)c1. The molecule has 18 heavy (non-hydrogen) atoms. The maximum absolute atomic E-state index is 11.6. The van der Waals surface area contributed by atoms with Gasteiger partial charge in [0.25, 0.3) is 0 Å². The molecule has 0 aliphatic heterocycles. The lowest BCUT2D eigenvalue weighted by molar-refractivity contribution is -0.118.